The second kappa shape index (κ2) is 11.0. The van der Waals surface area contributed by atoms with Crippen LogP contribution in [-0.2, 0) is 6.54 Å². The maximum atomic E-state index is 5.29. The van der Waals surface area contributed by atoms with Crippen molar-refractivity contribution >= 4 is 35.6 Å². The summed E-state index contributed by atoms with van der Waals surface area (Å²) in [6, 6.07) is 19.0. The molecule has 0 bridgehead atoms. The van der Waals surface area contributed by atoms with E-state index < -0.39 is 0 Å². The third kappa shape index (κ3) is 6.30. The topological polar surface area (TPSA) is 48.9 Å². The number of guanidine groups is 1. The molecule has 6 heteroatoms. The van der Waals surface area contributed by atoms with Gasteiger partial charge in [0.05, 0.1) is 13.7 Å². The zero-order chi connectivity index (χ0) is 18.2. The quantitative estimate of drug-likeness (QED) is 0.377. The number of benzene rings is 2. The van der Waals surface area contributed by atoms with E-state index in [4.69, 9.17) is 9.73 Å². The van der Waals surface area contributed by atoms with Gasteiger partial charge >= 0.3 is 0 Å². The maximum absolute atomic E-state index is 5.29. The zero-order valence-electron chi connectivity index (χ0n) is 16.0. The predicted molar refractivity (Wildman–Crippen MR) is 123 cm³/mol. The van der Waals surface area contributed by atoms with Crippen molar-refractivity contribution in [1.29, 1.82) is 0 Å². The molecule has 0 aromatic heterocycles. The Bertz CT molecular complexity index is 723. The minimum atomic E-state index is 0. The number of nitrogens with one attached hydrogen (secondary N) is 2. The van der Waals surface area contributed by atoms with E-state index in [2.05, 4.69) is 58.9 Å². The molecule has 5 nitrogen and oxygen atoms in total. The fourth-order valence-electron chi connectivity index (χ4n) is 3.21. The molecule has 1 atom stereocenters. The summed E-state index contributed by atoms with van der Waals surface area (Å²) in [5.41, 5.74) is 2.43. The molecular formula is C21H29IN4O. The van der Waals surface area contributed by atoms with Crippen LogP contribution in [0.5, 0.6) is 5.75 Å². The van der Waals surface area contributed by atoms with Crippen molar-refractivity contribution in [1.82, 2.24) is 10.6 Å². The van der Waals surface area contributed by atoms with Crippen LogP contribution < -0.4 is 20.3 Å². The summed E-state index contributed by atoms with van der Waals surface area (Å²) in [7, 11) is 1.69. The van der Waals surface area contributed by atoms with Gasteiger partial charge < -0.3 is 20.3 Å². The number of ether oxygens (including phenoxy) is 1. The highest BCUT2D eigenvalue weighted by Gasteiger charge is 2.23. The summed E-state index contributed by atoms with van der Waals surface area (Å²) in [5.74, 6) is 1.74. The van der Waals surface area contributed by atoms with Crippen molar-refractivity contribution in [3.8, 4) is 5.75 Å². The van der Waals surface area contributed by atoms with Gasteiger partial charge in [0.15, 0.2) is 5.96 Å². The number of halogens is 1. The number of aliphatic imine (C=N–C) groups is 1. The molecule has 0 saturated carbocycles. The van der Waals surface area contributed by atoms with Gasteiger partial charge in [-0.25, -0.2) is 4.99 Å². The molecule has 146 valence electrons. The van der Waals surface area contributed by atoms with Crippen LogP contribution >= 0.6 is 24.0 Å². The van der Waals surface area contributed by atoms with Crippen LogP contribution in [0, 0.1) is 0 Å². The van der Waals surface area contributed by atoms with Crippen LogP contribution in [0.3, 0.4) is 0 Å². The van der Waals surface area contributed by atoms with E-state index in [1.165, 1.54) is 5.69 Å². The number of hydrogen-bond acceptors (Lipinski definition) is 3. The lowest BCUT2D eigenvalue weighted by atomic mass is 10.2. The molecule has 1 fully saturated rings. The maximum Gasteiger partial charge on any atom is 0.191 e. The lowest BCUT2D eigenvalue weighted by Gasteiger charge is -2.20. The van der Waals surface area contributed by atoms with E-state index >= 15 is 0 Å². The molecule has 2 aromatic carbocycles. The van der Waals surface area contributed by atoms with Gasteiger partial charge in [-0.05, 0) is 43.2 Å². The molecule has 2 N–H and O–H groups in total. The Morgan fingerprint density at radius 2 is 2.00 bits per heavy atom. The van der Waals surface area contributed by atoms with Crippen molar-refractivity contribution in [3.63, 3.8) is 0 Å². The molecule has 0 amide bonds. The summed E-state index contributed by atoms with van der Waals surface area (Å²) in [5, 5.41) is 6.93. The van der Waals surface area contributed by atoms with Gasteiger partial charge in [-0.2, -0.15) is 0 Å². The number of rotatable bonds is 6. The monoisotopic (exact) mass is 480 g/mol. The second-order valence-electron chi connectivity index (χ2n) is 6.46. The van der Waals surface area contributed by atoms with Gasteiger partial charge in [0, 0.05) is 31.4 Å². The highest BCUT2D eigenvalue weighted by atomic mass is 127. The first-order valence-electron chi connectivity index (χ1n) is 9.26. The Morgan fingerprint density at radius 1 is 1.19 bits per heavy atom. The SMILES string of the molecule is CCNC(=NCc1cccc(OC)c1)NC1CCN(c2ccccc2)C1.I. The van der Waals surface area contributed by atoms with Crippen molar-refractivity contribution < 1.29 is 4.74 Å². The molecule has 1 heterocycles. The minimum Gasteiger partial charge on any atom is -0.497 e. The van der Waals surface area contributed by atoms with Crippen molar-refractivity contribution in [2.45, 2.75) is 25.9 Å². The van der Waals surface area contributed by atoms with Gasteiger partial charge in [-0.15, -0.1) is 24.0 Å². The Balaban J connectivity index is 0.00000261. The second-order valence-corrected chi connectivity index (χ2v) is 6.46. The first kappa shape index (κ1) is 21.3. The van der Waals surface area contributed by atoms with Gasteiger partial charge in [0.1, 0.15) is 5.75 Å². The third-order valence-corrected chi connectivity index (χ3v) is 4.55. The largest absolute Gasteiger partial charge is 0.497 e. The number of para-hydroxylation sites is 1. The molecule has 1 aliphatic rings. The van der Waals surface area contributed by atoms with Gasteiger partial charge in [-0.1, -0.05) is 30.3 Å². The summed E-state index contributed by atoms with van der Waals surface area (Å²) in [6.45, 7) is 5.62. The Hall–Kier alpha value is -1.96. The summed E-state index contributed by atoms with van der Waals surface area (Å²) >= 11 is 0. The van der Waals surface area contributed by atoms with Crippen LogP contribution in [0.4, 0.5) is 5.69 Å². The standard InChI is InChI=1S/C21H28N4O.HI/c1-3-22-21(23-15-17-8-7-11-20(14-17)26-2)24-18-12-13-25(16-18)19-9-5-4-6-10-19;/h4-11,14,18H,3,12-13,15-16H2,1-2H3,(H2,22,23,24);1H. The lowest BCUT2D eigenvalue weighted by Crippen LogP contribution is -2.44. The summed E-state index contributed by atoms with van der Waals surface area (Å²) < 4.78 is 5.29. The summed E-state index contributed by atoms with van der Waals surface area (Å²) in [4.78, 5) is 7.16. The fraction of sp³-hybridized carbons (Fsp3) is 0.381. The van der Waals surface area contributed by atoms with Crippen LogP contribution in [0.25, 0.3) is 0 Å². The van der Waals surface area contributed by atoms with E-state index in [0.29, 0.717) is 12.6 Å². The Kier molecular flexibility index (Phi) is 8.71. The normalized spacial score (nSPS) is 16.6. The molecule has 1 aliphatic heterocycles. The first-order valence-corrected chi connectivity index (χ1v) is 9.26. The molecule has 0 aliphatic carbocycles. The van der Waals surface area contributed by atoms with Crippen LogP contribution in [0.1, 0.15) is 18.9 Å². The molecule has 0 spiro atoms. The smallest absolute Gasteiger partial charge is 0.191 e. The highest BCUT2D eigenvalue weighted by Crippen LogP contribution is 2.19. The van der Waals surface area contributed by atoms with E-state index in [1.54, 1.807) is 7.11 Å². The molecule has 3 rings (SSSR count). The van der Waals surface area contributed by atoms with E-state index in [9.17, 15) is 0 Å². The van der Waals surface area contributed by atoms with Crippen LogP contribution in [-0.4, -0.2) is 38.7 Å². The molecule has 1 saturated heterocycles. The lowest BCUT2D eigenvalue weighted by molar-refractivity contribution is 0.414. The zero-order valence-corrected chi connectivity index (χ0v) is 18.4. The molecule has 1 unspecified atom stereocenters. The van der Waals surface area contributed by atoms with E-state index in [1.807, 2.05) is 18.2 Å². The summed E-state index contributed by atoms with van der Waals surface area (Å²) in [6.07, 6.45) is 1.11. The average molecular weight is 480 g/mol. The predicted octanol–water partition coefficient (Wildman–Crippen LogP) is 3.65. The number of methoxy groups -OCH3 is 1. The van der Waals surface area contributed by atoms with Crippen molar-refractivity contribution in [3.05, 3.63) is 60.2 Å². The number of hydrogen-bond donors (Lipinski definition) is 2. The number of anilines is 1. The fourth-order valence-corrected chi connectivity index (χ4v) is 3.21. The van der Waals surface area contributed by atoms with Crippen LogP contribution in [0.2, 0.25) is 0 Å². The number of nitrogens with zero attached hydrogens (tertiary/aromatic N) is 2. The van der Waals surface area contributed by atoms with Crippen molar-refractivity contribution in [2.75, 3.05) is 31.6 Å². The van der Waals surface area contributed by atoms with E-state index in [-0.39, 0.29) is 24.0 Å². The Morgan fingerprint density at radius 3 is 2.74 bits per heavy atom. The minimum absolute atomic E-state index is 0. The first-order chi connectivity index (χ1) is 12.8. The molecular weight excluding hydrogens is 451 g/mol. The molecule has 0 radical (unpaired) electrons. The van der Waals surface area contributed by atoms with Gasteiger partial charge in [0.25, 0.3) is 0 Å². The van der Waals surface area contributed by atoms with Crippen molar-refractivity contribution in [2.24, 2.45) is 4.99 Å². The molecule has 27 heavy (non-hydrogen) atoms. The average Bonchev–Trinajstić information content (AvgIpc) is 3.16. The van der Waals surface area contributed by atoms with Gasteiger partial charge in [-0.3, -0.25) is 0 Å². The third-order valence-electron chi connectivity index (χ3n) is 4.55. The highest BCUT2D eigenvalue weighted by molar-refractivity contribution is 14.0. The van der Waals surface area contributed by atoms with E-state index in [0.717, 1.165) is 43.3 Å². The Labute approximate surface area is 179 Å². The van der Waals surface area contributed by atoms with Gasteiger partial charge in [0.2, 0.25) is 0 Å². The molecule has 2 aromatic rings. The van der Waals surface area contributed by atoms with Crippen LogP contribution in [0.15, 0.2) is 59.6 Å².